The Labute approximate surface area is 112 Å². The summed E-state index contributed by atoms with van der Waals surface area (Å²) in [5, 5.41) is 16.3. The standard InChI is InChI=1S/C9H8Cl2N6O/c1-4(8-14-16-17-15-8)12-9(18)5-2-6(10)13-7(11)3-5/h2-4H,1H3,(H,12,18)(H,14,15,16,17). The molecule has 0 spiro atoms. The number of hydrogen-bond acceptors (Lipinski definition) is 5. The molecule has 0 saturated heterocycles. The summed E-state index contributed by atoms with van der Waals surface area (Å²) in [6, 6.07) is 2.46. The van der Waals surface area contributed by atoms with Crippen molar-refractivity contribution in [2.75, 3.05) is 0 Å². The van der Waals surface area contributed by atoms with E-state index in [0.717, 1.165) is 0 Å². The number of H-pyrrole nitrogens is 1. The van der Waals surface area contributed by atoms with E-state index in [0.29, 0.717) is 11.4 Å². The van der Waals surface area contributed by atoms with Gasteiger partial charge in [0.1, 0.15) is 10.3 Å². The smallest absolute Gasteiger partial charge is 0.252 e. The Morgan fingerprint density at radius 2 is 2.06 bits per heavy atom. The maximum atomic E-state index is 11.9. The minimum atomic E-state index is -0.387. The van der Waals surface area contributed by atoms with E-state index < -0.39 is 0 Å². The minimum absolute atomic E-state index is 0.153. The van der Waals surface area contributed by atoms with Gasteiger partial charge in [-0.05, 0) is 19.1 Å². The Kier molecular flexibility index (Phi) is 3.73. The number of amides is 1. The van der Waals surface area contributed by atoms with E-state index in [4.69, 9.17) is 23.2 Å². The molecule has 1 amide bonds. The monoisotopic (exact) mass is 286 g/mol. The van der Waals surface area contributed by atoms with Crippen LogP contribution in [-0.2, 0) is 0 Å². The van der Waals surface area contributed by atoms with Gasteiger partial charge in [-0.15, -0.1) is 10.2 Å². The first-order valence-electron chi connectivity index (χ1n) is 4.93. The van der Waals surface area contributed by atoms with Crippen LogP contribution in [0.4, 0.5) is 0 Å². The lowest BCUT2D eigenvalue weighted by Crippen LogP contribution is -2.27. The Bertz CT molecular complexity index is 538. The average Bonchev–Trinajstić information content (AvgIpc) is 2.80. The molecule has 2 N–H and O–H groups in total. The van der Waals surface area contributed by atoms with Gasteiger partial charge in [0.15, 0.2) is 5.82 Å². The largest absolute Gasteiger partial charge is 0.342 e. The van der Waals surface area contributed by atoms with Crippen molar-refractivity contribution in [3.05, 3.63) is 33.8 Å². The molecule has 2 aromatic heterocycles. The zero-order chi connectivity index (χ0) is 13.1. The van der Waals surface area contributed by atoms with E-state index >= 15 is 0 Å². The molecule has 9 heteroatoms. The number of aromatic amines is 1. The van der Waals surface area contributed by atoms with Gasteiger partial charge in [-0.25, -0.2) is 4.98 Å². The Morgan fingerprint density at radius 1 is 1.39 bits per heavy atom. The van der Waals surface area contributed by atoms with Gasteiger partial charge < -0.3 is 5.32 Å². The first-order valence-corrected chi connectivity index (χ1v) is 5.69. The molecule has 0 aliphatic rings. The lowest BCUT2D eigenvalue weighted by Gasteiger charge is -2.10. The maximum Gasteiger partial charge on any atom is 0.252 e. The Hall–Kier alpha value is -1.73. The quantitative estimate of drug-likeness (QED) is 0.831. The van der Waals surface area contributed by atoms with Crippen LogP contribution in [0.15, 0.2) is 12.1 Å². The molecule has 0 fully saturated rings. The van der Waals surface area contributed by atoms with E-state index in [1.807, 2.05) is 0 Å². The zero-order valence-electron chi connectivity index (χ0n) is 9.19. The highest BCUT2D eigenvalue weighted by Crippen LogP contribution is 2.15. The predicted molar refractivity (Wildman–Crippen MR) is 64.3 cm³/mol. The first kappa shape index (κ1) is 12.7. The third kappa shape index (κ3) is 2.93. The summed E-state index contributed by atoms with van der Waals surface area (Å²) < 4.78 is 0. The second kappa shape index (κ2) is 5.28. The second-order valence-electron chi connectivity index (χ2n) is 3.47. The number of tetrazole rings is 1. The molecule has 0 saturated carbocycles. The molecule has 0 aliphatic carbocycles. The Morgan fingerprint density at radius 3 is 2.61 bits per heavy atom. The summed E-state index contributed by atoms with van der Waals surface area (Å²) >= 11 is 11.4. The van der Waals surface area contributed by atoms with Gasteiger partial charge in [0.25, 0.3) is 5.91 Å². The lowest BCUT2D eigenvalue weighted by molar-refractivity contribution is 0.0938. The zero-order valence-corrected chi connectivity index (χ0v) is 10.7. The number of nitrogens with one attached hydrogen (secondary N) is 2. The molecule has 0 bridgehead atoms. The van der Waals surface area contributed by atoms with Crippen LogP contribution in [0.1, 0.15) is 29.1 Å². The van der Waals surface area contributed by atoms with Gasteiger partial charge in [0, 0.05) is 5.56 Å². The number of hydrogen-bond donors (Lipinski definition) is 2. The molecule has 94 valence electrons. The highest BCUT2D eigenvalue weighted by Gasteiger charge is 2.15. The summed E-state index contributed by atoms with van der Waals surface area (Å²) in [6.07, 6.45) is 0. The normalized spacial score (nSPS) is 12.2. The van der Waals surface area contributed by atoms with Gasteiger partial charge in [0.2, 0.25) is 0 Å². The topological polar surface area (TPSA) is 96.5 Å². The van der Waals surface area contributed by atoms with Gasteiger partial charge in [-0.2, -0.15) is 5.21 Å². The fraction of sp³-hybridized carbons (Fsp3) is 0.222. The second-order valence-corrected chi connectivity index (χ2v) is 4.24. The van der Waals surface area contributed by atoms with Crippen molar-refractivity contribution in [2.24, 2.45) is 0 Å². The van der Waals surface area contributed by atoms with Gasteiger partial charge >= 0.3 is 0 Å². The third-order valence-corrected chi connectivity index (χ3v) is 2.51. The number of nitrogens with zero attached hydrogens (tertiary/aromatic N) is 4. The van der Waals surface area contributed by atoms with Crippen molar-refractivity contribution in [1.29, 1.82) is 0 Å². The molecule has 18 heavy (non-hydrogen) atoms. The van der Waals surface area contributed by atoms with Gasteiger partial charge in [0.05, 0.1) is 6.04 Å². The van der Waals surface area contributed by atoms with E-state index in [-0.39, 0.29) is 22.3 Å². The van der Waals surface area contributed by atoms with Crippen LogP contribution in [-0.4, -0.2) is 31.5 Å². The van der Waals surface area contributed by atoms with Crippen molar-refractivity contribution < 1.29 is 4.79 Å². The van der Waals surface area contributed by atoms with Crippen LogP contribution >= 0.6 is 23.2 Å². The maximum absolute atomic E-state index is 11.9. The predicted octanol–water partition coefficient (Wildman–Crippen LogP) is 1.39. The molecule has 2 rings (SSSR count). The average molecular weight is 287 g/mol. The summed E-state index contributed by atoms with van der Waals surface area (Å²) in [6.45, 7) is 1.73. The number of aromatic nitrogens is 5. The van der Waals surface area contributed by atoms with E-state index in [9.17, 15) is 4.79 Å². The third-order valence-electron chi connectivity index (χ3n) is 2.12. The van der Waals surface area contributed by atoms with Crippen molar-refractivity contribution in [3.8, 4) is 0 Å². The van der Waals surface area contributed by atoms with Crippen molar-refractivity contribution in [3.63, 3.8) is 0 Å². The molecular weight excluding hydrogens is 279 g/mol. The van der Waals surface area contributed by atoms with Gasteiger partial charge in [-0.3, -0.25) is 4.79 Å². The van der Waals surface area contributed by atoms with E-state index in [2.05, 4.69) is 30.9 Å². The highest BCUT2D eigenvalue weighted by molar-refractivity contribution is 6.33. The molecule has 2 heterocycles. The van der Waals surface area contributed by atoms with Crippen LogP contribution in [0.2, 0.25) is 10.3 Å². The molecule has 7 nitrogen and oxygen atoms in total. The summed E-state index contributed by atoms with van der Waals surface area (Å²) in [5.74, 6) is 0.0353. The molecule has 0 radical (unpaired) electrons. The van der Waals surface area contributed by atoms with E-state index in [1.54, 1.807) is 6.92 Å². The van der Waals surface area contributed by atoms with Crippen LogP contribution in [0, 0.1) is 0 Å². The highest BCUT2D eigenvalue weighted by atomic mass is 35.5. The van der Waals surface area contributed by atoms with Gasteiger partial charge in [-0.1, -0.05) is 28.4 Å². The first-order chi connectivity index (χ1) is 8.56. The van der Waals surface area contributed by atoms with E-state index in [1.165, 1.54) is 12.1 Å². The molecule has 0 aliphatic heterocycles. The molecule has 1 atom stereocenters. The van der Waals surface area contributed by atoms with Crippen molar-refractivity contribution >= 4 is 29.1 Å². The summed E-state index contributed by atoms with van der Waals surface area (Å²) in [7, 11) is 0. The fourth-order valence-corrected chi connectivity index (χ4v) is 1.75. The van der Waals surface area contributed by atoms with Crippen LogP contribution in [0.5, 0.6) is 0 Å². The molecule has 1 unspecified atom stereocenters. The fourth-order valence-electron chi connectivity index (χ4n) is 1.29. The number of pyridine rings is 1. The SMILES string of the molecule is CC(NC(=O)c1cc(Cl)nc(Cl)c1)c1nn[nH]n1. The summed E-state index contributed by atoms with van der Waals surface area (Å²) in [4.78, 5) is 15.7. The van der Waals surface area contributed by atoms with Crippen LogP contribution < -0.4 is 5.32 Å². The van der Waals surface area contributed by atoms with Crippen LogP contribution in [0.3, 0.4) is 0 Å². The number of carbonyl (C=O) groups is 1. The number of rotatable bonds is 3. The van der Waals surface area contributed by atoms with Crippen molar-refractivity contribution in [2.45, 2.75) is 13.0 Å². The Balaban J connectivity index is 2.12. The summed E-state index contributed by atoms with van der Waals surface area (Å²) in [5.41, 5.74) is 0.315. The van der Waals surface area contributed by atoms with Crippen molar-refractivity contribution in [1.82, 2.24) is 30.9 Å². The molecular formula is C9H8Cl2N6O. The van der Waals surface area contributed by atoms with Crippen LogP contribution in [0.25, 0.3) is 0 Å². The minimum Gasteiger partial charge on any atom is -0.342 e. The lowest BCUT2D eigenvalue weighted by atomic mass is 10.2. The number of carbonyl (C=O) groups excluding carboxylic acids is 1. The number of halogens is 2. The molecule has 2 aromatic rings. The molecule has 0 aromatic carbocycles.